The molecule has 2 rings (SSSR count). The van der Waals surface area contributed by atoms with E-state index in [1.807, 2.05) is 0 Å². The summed E-state index contributed by atoms with van der Waals surface area (Å²) in [4.78, 5) is 15.7. The molecule has 2 N–H and O–H groups in total. The van der Waals surface area contributed by atoms with E-state index in [1.165, 1.54) is 0 Å². The minimum atomic E-state index is 0.00361. The third-order valence-corrected chi connectivity index (χ3v) is 3.08. The number of carbonyl (C=O) groups excluding carboxylic acids is 1. The van der Waals surface area contributed by atoms with Crippen LogP contribution in [-0.4, -0.2) is 36.0 Å². The predicted octanol–water partition coefficient (Wildman–Crippen LogP) is -0.0426. The monoisotopic (exact) mass is 199 g/mol. The van der Waals surface area contributed by atoms with Gasteiger partial charge in [-0.05, 0) is 19.4 Å². The zero-order valence-corrected chi connectivity index (χ0v) is 8.19. The Morgan fingerprint density at radius 3 is 3.23 bits per heavy atom. The molecule has 4 nitrogen and oxygen atoms in total. The Morgan fingerprint density at radius 2 is 2.62 bits per heavy atom. The zero-order chi connectivity index (χ0) is 9.10. The van der Waals surface area contributed by atoms with Crippen molar-refractivity contribution in [3.05, 3.63) is 0 Å². The third kappa shape index (κ3) is 2.22. The zero-order valence-electron chi connectivity index (χ0n) is 7.38. The molecule has 13 heavy (non-hydrogen) atoms. The van der Waals surface area contributed by atoms with Gasteiger partial charge in [0.05, 0.1) is 12.6 Å². The van der Waals surface area contributed by atoms with Crippen LogP contribution >= 0.6 is 11.8 Å². The second kappa shape index (κ2) is 4.11. The molecule has 1 saturated heterocycles. The predicted molar refractivity (Wildman–Crippen MR) is 53.9 cm³/mol. The highest BCUT2D eigenvalue weighted by atomic mass is 32.2. The SMILES string of the molecule is O=C(NC1=NCCS1)C1CCCN1. The van der Waals surface area contributed by atoms with E-state index < -0.39 is 0 Å². The van der Waals surface area contributed by atoms with Crippen molar-refractivity contribution in [3.8, 4) is 0 Å². The average Bonchev–Trinajstić information content (AvgIpc) is 2.74. The van der Waals surface area contributed by atoms with Crippen molar-refractivity contribution in [1.29, 1.82) is 0 Å². The number of nitrogens with one attached hydrogen (secondary N) is 2. The Kier molecular flexibility index (Phi) is 2.85. The van der Waals surface area contributed by atoms with Crippen molar-refractivity contribution in [1.82, 2.24) is 10.6 Å². The molecule has 2 heterocycles. The van der Waals surface area contributed by atoms with Crippen molar-refractivity contribution in [3.63, 3.8) is 0 Å². The number of hydrogen-bond donors (Lipinski definition) is 2. The van der Waals surface area contributed by atoms with Gasteiger partial charge >= 0.3 is 0 Å². The first-order chi connectivity index (χ1) is 6.36. The van der Waals surface area contributed by atoms with Crippen LogP contribution in [0.4, 0.5) is 0 Å². The van der Waals surface area contributed by atoms with E-state index in [4.69, 9.17) is 0 Å². The smallest absolute Gasteiger partial charge is 0.243 e. The molecule has 5 heteroatoms. The van der Waals surface area contributed by atoms with Gasteiger partial charge in [0, 0.05) is 5.75 Å². The van der Waals surface area contributed by atoms with E-state index in [1.54, 1.807) is 11.8 Å². The maximum absolute atomic E-state index is 11.5. The van der Waals surface area contributed by atoms with E-state index >= 15 is 0 Å². The summed E-state index contributed by atoms with van der Waals surface area (Å²) in [5.41, 5.74) is 0. The van der Waals surface area contributed by atoms with Crippen LogP contribution in [0.5, 0.6) is 0 Å². The van der Waals surface area contributed by atoms with Crippen LogP contribution in [0.1, 0.15) is 12.8 Å². The summed E-state index contributed by atoms with van der Waals surface area (Å²) in [6.07, 6.45) is 2.04. The highest BCUT2D eigenvalue weighted by Crippen LogP contribution is 2.10. The number of thioether (sulfide) groups is 1. The van der Waals surface area contributed by atoms with Gasteiger partial charge in [-0.15, -0.1) is 0 Å². The first-order valence-electron chi connectivity index (χ1n) is 4.58. The van der Waals surface area contributed by atoms with Crippen molar-refractivity contribution in [2.45, 2.75) is 18.9 Å². The minimum absolute atomic E-state index is 0.00361. The summed E-state index contributed by atoms with van der Waals surface area (Å²) in [5, 5.41) is 6.78. The largest absolute Gasteiger partial charge is 0.306 e. The average molecular weight is 199 g/mol. The Hall–Kier alpha value is -0.550. The number of amidine groups is 1. The van der Waals surface area contributed by atoms with Gasteiger partial charge in [-0.3, -0.25) is 9.79 Å². The lowest BCUT2D eigenvalue weighted by Crippen LogP contribution is -2.42. The molecule has 2 aliphatic heterocycles. The Labute approximate surface area is 81.6 Å². The van der Waals surface area contributed by atoms with E-state index in [0.29, 0.717) is 0 Å². The number of aliphatic imine (C=N–C) groups is 1. The molecule has 0 bridgehead atoms. The quantitative estimate of drug-likeness (QED) is 0.623. The molecule has 1 atom stereocenters. The summed E-state index contributed by atoms with van der Waals surface area (Å²) in [6, 6.07) is 0.00361. The molecule has 0 aromatic rings. The summed E-state index contributed by atoms with van der Waals surface area (Å²) >= 11 is 1.62. The molecule has 0 aromatic heterocycles. The maximum atomic E-state index is 11.5. The lowest BCUT2D eigenvalue weighted by Gasteiger charge is -2.09. The topological polar surface area (TPSA) is 53.5 Å². The molecule has 2 aliphatic rings. The van der Waals surface area contributed by atoms with Gasteiger partial charge in [0.2, 0.25) is 5.91 Å². The first-order valence-corrected chi connectivity index (χ1v) is 5.56. The summed E-state index contributed by atoms with van der Waals surface area (Å²) < 4.78 is 0. The van der Waals surface area contributed by atoms with Gasteiger partial charge < -0.3 is 10.6 Å². The van der Waals surface area contributed by atoms with Crippen molar-refractivity contribution in [2.75, 3.05) is 18.8 Å². The number of amides is 1. The van der Waals surface area contributed by atoms with Crippen LogP contribution in [0.25, 0.3) is 0 Å². The molecular weight excluding hydrogens is 186 g/mol. The molecule has 1 fully saturated rings. The molecule has 72 valence electrons. The standard InChI is InChI=1S/C8H13N3OS/c12-7(6-2-1-3-9-6)11-8-10-4-5-13-8/h6,9H,1-5H2,(H,10,11,12). The molecule has 1 amide bonds. The summed E-state index contributed by atoms with van der Waals surface area (Å²) in [7, 11) is 0. The van der Waals surface area contributed by atoms with E-state index in [-0.39, 0.29) is 11.9 Å². The van der Waals surface area contributed by atoms with Gasteiger partial charge in [0.25, 0.3) is 0 Å². The molecule has 0 saturated carbocycles. The number of nitrogens with zero attached hydrogens (tertiary/aromatic N) is 1. The van der Waals surface area contributed by atoms with E-state index in [9.17, 15) is 4.79 Å². The number of hydrogen-bond acceptors (Lipinski definition) is 4. The van der Waals surface area contributed by atoms with Crippen LogP contribution in [0.2, 0.25) is 0 Å². The fraction of sp³-hybridized carbons (Fsp3) is 0.750. The van der Waals surface area contributed by atoms with Gasteiger partial charge in [-0.25, -0.2) is 0 Å². The minimum Gasteiger partial charge on any atom is -0.306 e. The Morgan fingerprint density at radius 1 is 1.69 bits per heavy atom. The van der Waals surface area contributed by atoms with Crippen LogP contribution in [0.15, 0.2) is 4.99 Å². The normalized spacial score (nSPS) is 27.4. The highest BCUT2D eigenvalue weighted by molar-refractivity contribution is 8.14. The fourth-order valence-electron chi connectivity index (χ4n) is 1.51. The maximum Gasteiger partial charge on any atom is 0.243 e. The summed E-state index contributed by atoms with van der Waals surface area (Å²) in [5.74, 6) is 1.07. The van der Waals surface area contributed by atoms with Crippen molar-refractivity contribution >= 4 is 22.8 Å². The first kappa shape index (κ1) is 9.02. The van der Waals surface area contributed by atoms with E-state index in [0.717, 1.165) is 36.9 Å². The Bertz CT molecular complexity index is 236. The fourth-order valence-corrected chi connectivity index (χ4v) is 2.24. The van der Waals surface area contributed by atoms with Crippen molar-refractivity contribution in [2.24, 2.45) is 4.99 Å². The number of rotatable bonds is 1. The molecular formula is C8H13N3OS. The molecule has 0 aliphatic carbocycles. The van der Waals surface area contributed by atoms with Crippen LogP contribution in [0.3, 0.4) is 0 Å². The second-order valence-electron chi connectivity index (χ2n) is 3.17. The van der Waals surface area contributed by atoms with Gasteiger partial charge in [0.15, 0.2) is 5.17 Å². The summed E-state index contributed by atoms with van der Waals surface area (Å²) in [6.45, 7) is 1.79. The van der Waals surface area contributed by atoms with Crippen LogP contribution in [0, 0.1) is 0 Å². The van der Waals surface area contributed by atoms with Gasteiger partial charge in [0.1, 0.15) is 0 Å². The molecule has 0 aromatic carbocycles. The molecule has 0 spiro atoms. The lowest BCUT2D eigenvalue weighted by molar-refractivity contribution is -0.121. The molecule has 1 unspecified atom stereocenters. The van der Waals surface area contributed by atoms with Crippen LogP contribution in [-0.2, 0) is 4.79 Å². The number of carbonyl (C=O) groups is 1. The second-order valence-corrected chi connectivity index (χ2v) is 4.26. The van der Waals surface area contributed by atoms with Gasteiger partial charge in [-0.2, -0.15) is 0 Å². The molecule has 0 radical (unpaired) electrons. The van der Waals surface area contributed by atoms with Crippen molar-refractivity contribution < 1.29 is 4.79 Å². The lowest BCUT2D eigenvalue weighted by atomic mass is 10.2. The van der Waals surface area contributed by atoms with Crippen LogP contribution < -0.4 is 10.6 Å². The van der Waals surface area contributed by atoms with E-state index in [2.05, 4.69) is 15.6 Å². The van der Waals surface area contributed by atoms with Gasteiger partial charge in [-0.1, -0.05) is 11.8 Å². The third-order valence-electron chi connectivity index (χ3n) is 2.19. The Balaban J connectivity index is 1.83. The highest BCUT2D eigenvalue weighted by Gasteiger charge is 2.23.